The fourth-order valence-electron chi connectivity index (χ4n) is 5.27. The van der Waals surface area contributed by atoms with Gasteiger partial charge in [0, 0.05) is 28.9 Å². The molecule has 1 fully saturated rings. The highest BCUT2D eigenvalue weighted by molar-refractivity contribution is 6.12. The Hall–Kier alpha value is -4.74. The lowest BCUT2D eigenvalue weighted by Crippen LogP contribution is -2.31. The van der Waals surface area contributed by atoms with E-state index in [-0.39, 0.29) is 40.0 Å². The summed E-state index contributed by atoms with van der Waals surface area (Å²) in [7, 11) is 0. The molecule has 3 N–H and O–H groups in total. The Bertz CT molecular complexity index is 1680. The monoisotopic (exact) mass is 564 g/mol. The lowest BCUT2D eigenvalue weighted by atomic mass is 10.1. The Kier molecular flexibility index (Phi) is 7.02. The number of aryl methyl sites for hydroxylation is 1. The van der Waals surface area contributed by atoms with E-state index in [2.05, 4.69) is 15.4 Å². The van der Waals surface area contributed by atoms with E-state index in [1.165, 1.54) is 28.9 Å². The molecule has 0 spiro atoms. The third-order valence-electron chi connectivity index (χ3n) is 7.16. The minimum atomic E-state index is -4.83. The van der Waals surface area contributed by atoms with Crippen LogP contribution in [0.3, 0.4) is 0 Å². The summed E-state index contributed by atoms with van der Waals surface area (Å²) in [5.74, 6) is -1.67. The number of alkyl halides is 3. The van der Waals surface area contributed by atoms with Gasteiger partial charge in [0.2, 0.25) is 11.8 Å². The van der Waals surface area contributed by atoms with E-state index >= 15 is 0 Å². The molecule has 1 aliphatic heterocycles. The van der Waals surface area contributed by atoms with Gasteiger partial charge >= 0.3 is 6.18 Å². The molecule has 4 aromatic rings. The first kappa shape index (κ1) is 27.8. The molecule has 1 saturated heterocycles. The smallest absolute Gasteiger partial charge is 0.366 e. The summed E-state index contributed by atoms with van der Waals surface area (Å²) >= 11 is 0. The average molecular weight is 565 g/mol. The number of rotatable bonds is 6. The maximum atomic E-state index is 13.8. The van der Waals surface area contributed by atoms with Gasteiger partial charge in [-0.3, -0.25) is 14.4 Å². The van der Waals surface area contributed by atoms with Gasteiger partial charge in [0.15, 0.2) is 0 Å². The molecule has 9 nitrogen and oxygen atoms in total. The zero-order valence-electron chi connectivity index (χ0n) is 22.5. The van der Waals surface area contributed by atoms with Gasteiger partial charge in [-0.25, -0.2) is 9.67 Å². The van der Waals surface area contributed by atoms with Gasteiger partial charge in [0.1, 0.15) is 11.4 Å². The van der Waals surface area contributed by atoms with Crippen LogP contribution in [0.5, 0.6) is 0 Å². The zero-order valence-corrected chi connectivity index (χ0v) is 22.5. The van der Waals surface area contributed by atoms with Gasteiger partial charge in [-0.05, 0) is 68.3 Å². The molecular weight excluding hydrogens is 537 g/mol. The number of hydrogen-bond acceptors (Lipinski definition) is 5. The zero-order chi connectivity index (χ0) is 29.6. The number of aromatic nitrogens is 3. The molecule has 1 aliphatic rings. The van der Waals surface area contributed by atoms with Crippen molar-refractivity contribution in [1.82, 2.24) is 14.8 Å². The van der Waals surface area contributed by atoms with Crippen molar-refractivity contribution >= 4 is 40.0 Å². The number of halogens is 3. The maximum Gasteiger partial charge on any atom is 0.433 e. The molecule has 2 unspecified atom stereocenters. The lowest BCUT2D eigenvalue weighted by Gasteiger charge is -2.22. The number of nitrogens with two attached hydrogens (primary N) is 1. The topological polar surface area (TPSA) is 123 Å². The van der Waals surface area contributed by atoms with Crippen LogP contribution in [0.4, 0.5) is 24.5 Å². The number of anilines is 2. The fraction of sp³-hybridized carbons (Fsp3) is 0.276. The summed E-state index contributed by atoms with van der Waals surface area (Å²) in [5.41, 5.74) is 5.55. The number of carbonyl (C=O) groups is 3. The van der Waals surface area contributed by atoms with Crippen LogP contribution in [0.1, 0.15) is 59.4 Å². The Morgan fingerprint density at radius 1 is 1.07 bits per heavy atom. The molecule has 41 heavy (non-hydrogen) atoms. The normalized spacial score (nSPS) is 17.3. The van der Waals surface area contributed by atoms with E-state index in [0.717, 1.165) is 12.5 Å². The van der Waals surface area contributed by atoms with E-state index in [9.17, 15) is 27.6 Å². The van der Waals surface area contributed by atoms with Crippen molar-refractivity contribution in [2.24, 2.45) is 11.7 Å². The minimum absolute atomic E-state index is 0.0344. The van der Waals surface area contributed by atoms with Gasteiger partial charge in [0.25, 0.3) is 5.91 Å². The van der Waals surface area contributed by atoms with Crippen molar-refractivity contribution in [3.05, 3.63) is 77.2 Å². The first-order chi connectivity index (χ1) is 19.4. The number of nitrogens with one attached hydrogen (secondary N) is 1. The van der Waals surface area contributed by atoms with Crippen LogP contribution < -0.4 is 16.0 Å². The highest BCUT2D eigenvalue weighted by atomic mass is 19.4. The Morgan fingerprint density at radius 3 is 2.34 bits per heavy atom. The summed E-state index contributed by atoms with van der Waals surface area (Å²) in [4.78, 5) is 43.0. The SMILES string of the molecule is CCc1c2c(C(=O)Nc3cccc(C(N)=O)c3)nc(C(F)(F)F)cc2nn1-c1ccc(N2C(=O)C(C)CC2C)cc1. The predicted octanol–water partition coefficient (Wildman–Crippen LogP) is 5.11. The van der Waals surface area contributed by atoms with E-state index in [4.69, 9.17) is 5.73 Å². The lowest BCUT2D eigenvalue weighted by molar-refractivity contribution is -0.141. The number of carbonyl (C=O) groups excluding carboxylic acids is 3. The highest BCUT2D eigenvalue weighted by Gasteiger charge is 2.36. The quantitative estimate of drug-likeness (QED) is 0.337. The molecule has 3 amide bonds. The molecule has 5 rings (SSSR count). The minimum Gasteiger partial charge on any atom is -0.366 e. The predicted molar refractivity (Wildman–Crippen MR) is 147 cm³/mol. The third kappa shape index (κ3) is 5.12. The van der Waals surface area contributed by atoms with E-state index in [0.29, 0.717) is 23.5 Å². The first-order valence-corrected chi connectivity index (χ1v) is 13.0. The van der Waals surface area contributed by atoms with Crippen molar-refractivity contribution in [3.8, 4) is 5.69 Å². The van der Waals surface area contributed by atoms with Crippen LogP contribution in [0.2, 0.25) is 0 Å². The first-order valence-electron chi connectivity index (χ1n) is 13.0. The molecule has 0 aliphatic carbocycles. The van der Waals surface area contributed by atoms with Crippen molar-refractivity contribution < 1.29 is 27.6 Å². The number of pyridine rings is 1. The summed E-state index contributed by atoms with van der Waals surface area (Å²) in [6.45, 7) is 5.66. The van der Waals surface area contributed by atoms with E-state index in [1.54, 1.807) is 36.1 Å². The Labute approximate surface area is 233 Å². The Morgan fingerprint density at radius 2 is 1.76 bits per heavy atom. The maximum absolute atomic E-state index is 13.8. The molecule has 12 heteroatoms. The van der Waals surface area contributed by atoms with Crippen LogP contribution in [-0.2, 0) is 17.4 Å². The molecule has 0 radical (unpaired) electrons. The summed E-state index contributed by atoms with van der Waals surface area (Å²) in [6.07, 6.45) is -3.76. The molecule has 2 atom stereocenters. The van der Waals surface area contributed by atoms with Crippen molar-refractivity contribution in [2.45, 2.75) is 45.8 Å². The number of benzene rings is 2. The molecule has 212 valence electrons. The molecular formula is C29H27F3N6O3. The molecule has 2 aromatic heterocycles. The van der Waals surface area contributed by atoms with Crippen molar-refractivity contribution in [3.63, 3.8) is 0 Å². The van der Waals surface area contributed by atoms with Gasteiger partial charge in [0.05, 0.1) is 22.3 Å². The second-order valence-corrected chi connectivity index (χ2v) is 10.1. The summed E-state index contributed by atoms with van der Waals surface area (Å²) in [6, 6.07) is 13.6. The number of primary amides is 1. The number of hydrogen-bond donors (Lipinski definition) is 2. The van der Waals surface area contributed by atoms with Crippen LogP contribution in [0.15, 0.2) is 54.6 Å². The third-order valence-corrected chi connectivity index (χ3v) is 7.16. The second kappa shape index (κ2) is 10.3. The largest absolute Gasteiger partial charge is 0.433 e. The fourth-order valence-corrected chi connectivity index (χ4v) is 5.27. The molecule has 3 heterocycles. The van der Waals surface area contributed by atoms with Gasteiger partial charge in [-0.2, -0.15) is 18.3 Å². The second-order valence-electron chi connectivity index (χ2n) is 10.1. The van der Waals surface area contributed by atoms with Crippen LogP contribution >= 0.6 is 0 Å². The summed E-state index contributed by atoms with van der Waals surface area (Å²) < 4.78 is 42.9. The van der Waals surface area contributed by atoms with Crippen LogP contribution in [0, 0.1) is 5.92 Å². The molecule has 0 bridgehead atoms. The molecule has 0 saturated carbocycles. The highest BCUT2D eigenvalue weighted by Crippen LogP contribution is 2.34. The van der Waals surface area contributed by atoms with E-state index < -0.39 is 29.4 Å². The number of nitrogens with zero attached hydrogens (tertiary/aromatic N) is 4. The van der Waals surface area contributed by atoms with Crippen molar-refractivity contribution in [2.75, 3.05) is 10.2 Å². The van der Waals surface area contributed by atoms with E-state index in [1.807, 2.05) is 13.8 Å². The molecule has 2 aromatic carbocycles. The number of amides is 3. The van der Waals surface area contributed by atoms with Crippen LogP contribution in [0.25, 0.3) is 16.6 Å². The van der Waals surface area contributed by atoms with Crippen LogP contribution in [-0.4, -0.2) is 38.5 Å². The van der Waals surface area contributed by atoms with Crippen molar-refractivity contribution in [1.29, 1.82) is 0 Å². The number of fused-ring (bicyclic) bond motifs is 1. The van der Waals surface area contributed by atoms with Gasteiger partial charge < -0.3 is 16.0 Å². The van der Waals surface area contributed by atoms with Gasteiger partial charge in [-0.15, -0.1) is 0 Å². The Balaban J connectivity index is 1.60. The van der Waals surface area contributed by atoms with Gasteiger partial charge in [-0.1, -0.05) is 19.9 Å². The summed E-state index contributed by atoms with van der Waals surface area (Å²) in [5, 5.41) is 7.14. The average Bonchev–Trinajstić information content (AvgIpc) is 3.43. The standard InChI is InChI=1S/C29H27F3N6O3/c1-4-22-24-21(36-38(22)20-10-8-19(9-11-20)37-16(3)12-15(2)28(37)41)14-23(29(30,31)32)35-25(24)27(40)34-18-7-5-6-17(13-18)26(33)39/h5-11,13-16H,4,12H2,1-3H3,(H2,33,39)(H,34,40).